The number of carboxylic acids is 1. The van der Waals surface area contributed by atoms with Gasteiger partial charge in [-0.1, -0.05) is 60.4 Å². The summed E-state index contributed by atoms with van der Waals surface area (Å²) in [7, 11) is 0. The van der Waals surface area contributed by atoms with Crippen LogP contribution in [0.1, 0.15) is 41.6 Å². The summed E-state index contributed by atoms with van der Waals surface area (Å²) in [6.45, 7) is 7.63. The minimum Gasteiger partial charge on any atom is -0.545 e. The molecule has 2 aromatic heterocycles. The van der Waals surface area contributed by atoms with Crippen LogP contribution < -0.4 is 24.7 Å². The van der Waals surface area contributed by atoms with Crippen molar-refractivity contribution in [2.24, 2.45) is 4.99 Å². The van der Waals surface area contributed by atoms with Crippen LogP contribution in [-0.4, -0.2) is 29.7 Å². The van der Waals surface area contributed by atoms with E-state index in [1.54, 1.807) is 62.4 Å². The summed E-state index contributed by atoms with van der Waals surface area (Å²) in [6, 6.07) is 16.0. The van der Waals surface area contributed by atoms with Crippen molar-refractivity contribution in [1.29, 1.82) is 0 Å². The number of hydrogen-bond acceptors (Lipinski definition) is 9. The van der Waals surface area contributed by atoms with Crippen LogP contribution in [0.5, 0.6) is 5.75 Å². The number of rotatable bonds is 9. The first-order valence-corrected chi connectivity index (χ1v) is 13.6. The molecule has 1 aliphatic heterocycles. The highest BCUT2D eigenvalue weighted by molar-refractivity contribution is 7.07. The monoisotopic (exact) mass is 569 g/mol. The van der Waals surface area contributed by atoms with Gasteiger partial charge < -0.3 is 23.8 Å². The molecule has 0 amide bonds. The zero-order valence-electron chi connectivity index (χ0n) is 22.3. The summed E-state index contributed by atoms with van der Waals surface area (Å²) in [5.74, 6) is -0.242. The maximum absolute atomic E-state index is 13.8. The van der Waals surface area contributed by atoms with Crippen molar-refractivity contribution in [1.82, 2.24) is 4.57 Å². The van der Waals surface area contributed by atoms with Gasteiger partial charge in [0, 0.05) is 11.6 Å². The molecule has 10 heteroatoms. The third-order valence-corrected chi connectivity index (χ3v) is 7.37. The fraction of sp³-hybridized carbons (Fsp3) is 0.161. The van der Waals surface area contributed by atoms with Crippen molar-refractivity contribution < 1.29 is 28.6 Å². The Morgan fingerprint density at radius 3 is 2.51 bits per heavy atom. The quantitative estimate of drug-likeness (QED) is 0.224. The van der Waals surface area contributed by atoms with Gasteiger partial charge >= 0.3 is 5.97 Å². The Bertz CT molecular complexity index is 1840. The number of fused-ring (bicyclic) bond motifs is 1. The van der Waals surface area contributed by atoms with Crippen LogP contribution in [0.4, 0.5) is 0 Å². The SMILES string of the molecule is C=CCOc1ccc([C@H]2C(C(=O)OCC)=C(C)N=c3sc(=Cc4ccc(-c5ccc(C(=O)[O-])cc5)o4)c(=O)n32)cc1. The summed E-state index contributed by atoms with van der Waals surface area (Å²) in [6.07, 6.45) is 3.26. The van der Waals surface area contributed by atoms with Gasteiger partial charge in [-0.3, -0.25) is 9.36 Å². The number of hydrogen-bond donors (Lipinski definition) is 0. The summed E-state index contributed by atoms with van der Waals surface area (Å²) in [5.41, 5.74) is 1.84. The summed E-state index contributed by atoms with van der Waals surface area (Å²) < 4.78 is 18.7. The molecule has 0 aliphatic carbocycles. The molecule has 9 nitrogen and oxygen atoms in total. The standard InChI is InChI=1S/C31H26N2O7S/c1-4-16-39-22-12-10-20(11-13-22)27-26(30(37)38-5-2)18(3)32-31-33(27)28(34)25(41-31)17-23-14-15-24(40-23)19-6-8-21(9-7-19)29(35)36/h4,6-15,17,27H,1,5,16H2,2-3H3,(H,35,36)/p-1/t27-/m0/s1. The van der Waals surface area contributed by atoms with E-state index in [9.17, 15) is 19.5 Å². The van der Waals surface area contributed by atoms with E-state index in [4.69, 9.17) is 13.9 Å². The average molecular weight is 570 g/mol. The number of esters is 1. The number of aromatic carboxylic acids is 1. The lowest BCUT2D eigenvalue weighted by Crippen LogP contribution is -2.39. The minimum absolute atomic E-state index is 0.0626. The molecule has 208 valence electrons. The van der Waals surface area contributed by atoms with Crippen LogP contribution in [0, 0.1) is 0 Å². The number of furan rings is 1. The Kier molecular flexibility index (Phi) is 7.84. The largest absolute Gasteiger partial charge is 0.545 e. The Morgan fingerprint density at radius 1 is 1.12 bits per heavy atom. The number of carbonyl (C=O) groups excluding carboxylic acids is 2. The molecule has 0 bridgehead atoms. The number of allylic oxidation sites excluding steroid dienone is 1. The van der Waals surface area contributed by atoms with E-state index < -0.39 is 18.0 Å². The molecule has 1 aliphatic rings. The maximum Gasteiger partial charge on any atom is 0.338 e. The van der Waals surface area contributed by atoms with Gasteiger partial charge in [-0.2, -0.15) is 0 Å². The van der Waals surface area contributed by atoms with Crippen LogP contribution in [-0.2, 0) is 9.53 Å². The number of thiazole rings is 1. The van der Waals surface area contributed by atoms with E-state index in [0.29, 0.717) is 50.0 Å². The Balaban J connectivity index is 1.57. The van der Waals surface area contributed by atoms with Crippen LogP contribution in [0.15, 0.2) is 98.8 Å². The first kappa shape index (κ1) is 27.6. The van der Waals surface area contributed by atoms with Crippen molar-refractivity contribution in [3.63, 3.8) is 0 Å². The van der Waals surface area contributed by atoms with E-state index in [-0.39, 0.29) is 23.3 Å². The number of ether oxygens (including phenoxy) is 2. The Morgan fingerprint density at radius 2 is 1.85 bits per heavy atom. The fourth-order valence-corrected chi connectivity index (χ4v) is 5.52. The molecule has 2 aromatic carbocycles. The van der Waals surface area contributed by atoms with Crippen LogP contribution in [0.2, 0.25) is 0 Å². The van der Waals surface area contributed by atoms with Crippen molar-refractivity contribution in [2.45, 2.75) is 19.9 Å². The van der Waals surface area contributed by atoms with E-state index in [0.717, 1.165) is 0 Å². The van der Waals surface area contributed by atoms with E-state index in [1.807, 2.05) is 12.1 Å². The topological polar surface area (TPSA) is 123 Å². The van der Waals surface area contributed by atoms with Crippen molar-refractivity contribution in [3.05, 3.63) is 121 Å². The molecule has 0 spiro atoms. The fourth-order valence-electron chi connectivity index (χ4n) is 4.49. The summed E-state index contributed by atoms with van der Waals surface area (Å²) >= 11 is 1.18. The zero-order valence-corrected chi connectivity index (χ0v) is 23.1. The molecule has 0 unspecified atom stereocenters. The van der Waals surface area contributed by atoms with Crippen molar-refractivity contribution in [2.75, 3.05) is 13.2 Å². The van der Waals surface area contributed by atoms with Crippen molar-refractivity contribution >= 4 is 29.4 Å². The predicted molar refractivity (Wildman–Crippen MR) is 151 cm³/mol. The molecule has 1 atom stereocenters. The molecule has 0 saturated carbocycles. The summed E-state index contributed by atoms with van der Waals surface area (Å²) in [5, 5.41) is 11.0. The smallest absolute Gasteiger partial charge is 0.338 e. The molecular formula is C31H25N2O7S-. The number of nitrogens with zero attached hydrogens (tertiary/aromatic N) is 2. The predicted octanol–water partition coefficient (Wildman–Crippen LogP) is 2.99. The molecule has 3 heterocycles. The van der Waals surface area contributed by atoms with Gasteiger partial charge in [-0.25, -0.2) is 9.79 Å². The Labute approximate surface area is 238 Å². The van der Waals surface area contributed by atoms with Gasteiger partial charge in [0.15, 0.2) is 4.80 Å². The van der Waals surface area contributed by atoms with E-state index >= 15 is 0 Å². The first-order valence-electron chi connectivity index (χ1n) is 12.8. The normalized spacial score (nSPS) is 14.8. The number of benzene rings is 2. The molecule has 0 saturated heterocycles. The third kappa shape index (κ3) is 5.55. The lowest BCUT2D eigenvalue weighted by atomic mass is 9.96. The summed E-state index contributed by atoms with van der Waals surface area (Å²) in [4.78, 5) is 42.9. The second kappa shape index (κ2) is 11.6. The highest BCUT2D eigenvalue weighted by atomic mass is 32.1. The third-order valence-electron chi connectivity index (χ3n) is 6.39. The van der Waals surface area contributed by atoms with Gasteiger partial charge in [0.25, 0.3) is 5.56 Å². The molecule has 41 heavy (non-hydrogen) atoms. The van der Waals surface area contributed by atoms with Gasteiger partial charge in [0.05, 0.1) is 34.4 Å². The molecule has 5 rings (SSSR count). The van der Waals surface area contributed by atoms with E-state index in [1.165, 1.54) is 28.0 Å². The molecule has 0 radical (unpaired) electrons. The molecule has 0 N–H and O–H groups in total. The van der Waals surface area contributed by atoms with Gasteiger partial charge in [0.1, 0.15) is 23.9 Å². The van der Waals surface area contributed by atoms with Crippen LogP contribution in [0.3, 0.4) is 0 Å². The lowest BCUT2D eigenvalue weighted by molar-refractivity contribution is -0.255. The maximum atomic E-state index is 13.8. The second-order valence-electron chi connectivity index (χ2n) is 9.04. The van der Waals surface area contributed by atoms with Gasteiger partial charge in [0.2, 0.25) is 0 Å². The second-order valence-corrected chi connectivity index (χ2v) is 10.0. The first-order chi connectivity index (χ1) is 19.8. The number of aromatic nitrogens is 1. The Hall–Kier alpha value is -4.96. The average Bonchev–Trinajstić information content (AvgIpc) is 3.55. The van der Waals surface area contributed by atoms with Crippen LogP contribution >= 0.6 is 11.3 Å². The zero-order chi connectivity index (χ0) is 29.1. The lowest BCUT2D eigenvalue weighted by Gasteiger charge is -2.24. The number of carbonyl (C=O) groups is 2. The molecule has 0 fully saturated rings. The van der Waals surface area contributed by atoms with Gasteiger partial charge in [-0.15, -0.1) is 0 Å². The highest BCUT2D eigenvalue weighted by Gasteiger charge is 2.33. The minimum atomic E-state index is -1.26. The van der Waals surface area contributed by atoms with Gasteiger partial charge in [-0.05, 0) is 49.2 Å². The highest BCUT2D eigenvalue weighted by Crippen LogP contribution is 2.31. The molecular weight excluding hydrogens is 544 g/mol. The molecule has 4 aromatic rings. The van der Waals surface area contributed by atoms with E-state index in [2.05, 4.69) is 11.6 Å². The number of carboxylic acid groups (broad SMARTS) is 1. The van der Waals surface area contributed by atoms with Crippen molar-refractivity contribution in [3.8, 4) is 17.1 Å². The van der Waals surface area contributed by atoms with Crippen LogP contribution in [0.25, 0.3) is 17.4 Å².